The highest BCUT2D eigenvalue weighted by molar-refractivity contribution is 7.22. The fraction of sp³-hybridized carbons (Fsp3) is 0.263. The molecular weight excluding hydrogens is 336 g/mol. The van der Waals surface area contributed by atoms with Gasteiger partial charge >= 0.3 is 0 Å². The monoisotopic (exact) mass is 354 g/mol. The number of carbonyl (C=O) groups excluding carboxylic acids is 1. The van der Waals surface area contributed by atoms with Crippen molar-refractivity contribution in [2.24, 2.45) is 0 Å². The van der Waals surface area contributed by atoms with Crippen LogP contribution < -0.4 is 9.64 Å². The van der Waals surface area contributed by atoms with Crippen molar-refractivity contribution in [3.05, 3.63) is 48.5 Å². The lowest BCUT2D eigenvalue weighted by Gasteiger charge is -2.23. The second-order valence-electron chi connectivity index (χ2n) is 5.84. The molecule has 2 aromatic carbocycles. The lowest BCUT2D eigenvalue weighted by atomic mass is 10.2. The number of methoxy groups -OCH3 is 1. The van der Waals surface area contributed by atoms with E-state index in [0.29, 0.717) is 17.5 Å². The predicted molar refractivity (Wildman–Crippen MR) is 98.7 cm³/mol. The van der Waals surface area contributed by atoms with E-state index in [9.17, 15) is 4.79 Å². The number of thiazole rings is 1. The largest absolute Gasteiger partial charge is 0.497 e. The SMILES string of the molecule is COc1cccc(N(C(=O)[C@H]2CCCO2)c2nc3ccccc3s2)c1. The lowest BCUT2D eigenvalue weighted by Crippen LogP contribution is -2.35. The topological polar surface area (TPSA) is 51.7 Å². The van der Waals surface area contributed by atoms with Crippen molar-refractivity contribution < 1.29 is 14.3 Å². The molecule has 6 heteroatoms. The lowest BCUT2D eigenvalue weighted by molar-refractivity contribution is -0.126. The number of hydrogen-bond acceptors (Lipinski definition) is 5. The first kappa shape index (κ1) is 16.1. The van der Waals surface area contributed by atoms with Gasteiger partial charge in [0.05, 0.1) is 23.0 Å². The van der Waals surface area contributed by atoms with Gasteiger partial charge in [-0.3, -0.25) is 9.69 Å². The number of benzene rings is 2. The molecule has 0 radical (unpaired) electrons. The quantitative estimate of drug-likeness (QED) is 0.706. The van der Waals surface area contributed by atoms with Crippen LogP contribution in [0.2, 0.25) is 0 Å². The number of nitrogens with zero attached hydrogens (tertiary/aromatic N) is 2. The molecule has 0 bridgehead atoms. The van der Waals surface area contributed by atoms with E-state index in [1.165, 1.54) is 11.3 Å². The van der Waals surface area contributed by atoms with Crippen LogP contribution in [0.5, 0.6) is 5.75 Å². The van der Waals surface area contributed by atoms with Crippen LogP contribution in [0.15, 0.2) is 48.5 Å². The second kappa shape index (κ2) is 6.82. The Hall–Kier alpha value is -2.44. The van der Waals surface area contributed by atoms with Crippen LogP contribution in [-0.4, -0.2) is 30.7 Å². The molecule has 3 aromatic rings. The number of amides is 1. The van der Waals surface area contributed by atoms with E-state index in [0.717, 1.165) is 28.7 Å². The average Bonchev–Trinajstić information content (AvgIpc) is 3.31. The molecule has 5 nitrogen and oxygen atoms in total. The number of anilines is 2. The standard InChI is InChI=1S/C19H18N2O3S/c1-23-14-7-4-6-13(12-14)21(18(22)16-9-5-11-24-16)19-20-15-8-2-3-10-17(15)25-19/h2-4,6-8,10,12,16H,5,9,11H2,1H3/t16-/m1/s1. The van der Waals surface area contributed by atoms with Crippen molar-refractivity contribution in [3.63, 3.8) is 0 Å². The molecule has 1 aliphatic heterocycles. The number of carbonyl (C=O) groups is 1. The third kappa shape index (κ3) is 3.10. The summed E-state index contributed by atoms with van der Waals surface area (Å²) in [6.07, 6.45) is 1.23. The fourth-order valence-corrected chi connectivity index (χ4v) is 3.95. The molecule has 0 saturated carbocycles. The minimum absolute atomic E-state index is 0.0789. The molecule has 4 rings (SSSR count). The van der Waals surface area contributed by atoms with Crippen LogP contribution in [0.3, 0.4) is 0 Å². The second-order valence-corrected chi connectivity index (χ2v) is 6.85. The summed E-state index contributed by atoms with van der Waals surface area (Å²) in [5.74, 6) is 0.619. The van der Waals surface area contributed by atoms with Crippen LogP contribution in [0, 0.1) is 0 Å². The molecule has 1 aliphatic rings. The van der Waals surface area contributed by atoms with Gasteiger partial charge < -0.3 is 9.47 Å². The van der Waals surface area contributed by atoms with Gasteiger partial charge in [-0.25, -0.2) is 4.98 Å². The van der Waals surface area contributed by atoms with Gasteiger partial charge in [0.1, 0.15) is 11.9 Å². The summed E-state index contributed by atoms with van der Waals surface area (Å²) in [6.45, 7) is 0.627. The Balaban J connectivity index is 1.80. The number of fused-ring (bicyclic) bond motifs is 1. The number of ether oxygens (including phenoxy) is 2. The fourth-order valence-electron chi connectivity index (χ4n) is 2.95. The Morgan fingerprint density at radius 3 is 2.92 bits per heavy atom. The van der Waals surface area contributed by atoms with E-state index in [4.69, 9.17) is 9.47 Å². The zero-order valence-electron chi connectivity index (χ0n) is 13.8. The normalized spacial score (nSPS) is 16.9. The van der Waals surface area contributed by atoms with Crippen molar-refractivity contribution in [1.82, 2.24) is 4.98 Å². The summed E-state index contributed by atoms with van der Waals surface area (Å²) in [5, 5.41) is 0.648. The van der Waals surface area contributed by atoms with E-state index < -0.39 is 6.10 Å². The van der Waals surface area contributed by atoms with Gasteiger partial charge in [0.25, 0.3) is 5.91 Å². The molecule has 1 atom stereocenters. The van der Waals surface area contributed by atoms with Crippen LogP contribution in [0.1, 0.15) is 12.8 Å². The predicted octanol–water partition coefficient (Wildman–Crippen LogP) is 4.15. The van der Waals surface area contributed by atoms with E-state index in [2.05, 4.69) is 4.98 Å². The van der Waals surface area contributed by atoms with Crippen molar-refractivity contribution in [2.45, 2.75) is 18.9 Å². The maximum Gasteiger partial charge on any atom is 0.262 e. The van der Waals surface area contributed by atoms with E-state index >= 15 is 0 Å². The zero-order valence-corrected chi connectivity index (χ0v) is 14.7. The highest BCUT2D eigenvalue weighted by Gasteiger charge is 2.32. The van der Waals surface area contributed by atoms with Crippen molar-refractivity contribution in [3.8, 4) is 5.75 Å². The third-order valence-corrected chi connectivity index (χ3v) is 5.23. The van der Waals surface area contributed by atoms with Gasteiger partial charge in [0.2, 0.25) is 0 Å². The Morgan fingerprint density at radius 1 is 1.28 bits per heavy atom. The maximum absolute atomic E-state index is 13.1. The molecule has 1 aromatic heterocycles. The van der Waals surface area contributed by atoms with Gasteiger partial charge in [0.15, 0.2) is 5.13 Å². The van der Waals surface area contributed by atoms with Gasteiger partial charge in [-0.1, -0.05) is 29.5 Å². The number of rotatable bonds is 4. The first-order chi connectivity index (χ1) is 12.3. The third-order valence-electron chi connectivity index (χ3n) is 4.21. The van der Waals surface area contributed by atoms with Crippen molar-refractivity contribution >= 4 is 38.3 Å². The van der Waals surface area contributed by atoms with Gasteiger partial charge in [0, 0.05) is 12.7 Å². The molecule has 128 valence electrons. The van der Waals surface area contributed by atoms with Gasteiger partial charge in [-0.2, -0.15) is 0 Å². The Bertz CT molecular complexity index is 869. The Labute approximate surface area is 149 Å². The van der Waals surface area contributed by atoms with Crippen LogP contribution in [-0.2, 0) is 9.53 Å². The zero-order chi connectivity index (χ0) is 17.2. The van der Waals surface area contributed by atoms with E-state index in [1.54, 1.807) is 12.0 Å². The van der Waals surface area contributed by atoms with Crippen LogP contribution in [0.4, 0.5) is 10.8 Å². The first-order valence-corrected chi connectivity index (χ1v) is 9.03. The summed E-state index contributed by atoms with van der Waals surface area (Å²) in [7, 11) is 1.61. The summed E-state index contributed by atoms with van der Waals surface area (Å²) >= 11 is 1.50. The molecule has 1 fully saturated rings. The molecule has 25 heavy (non-hydrogen) atoms. The highest BCUT2D eigenvalue weighted by atomic mass is 32.1. The molecule has 1 saturated heterocycles. The molecular formula is C19H18N2O3S. The Morgan fingerprint density at radius 2 is 2.16 bits per heavy atom. The summed E-state index contributed by atoms with van der Waals surface area (Å²) < 4.78 is 12.0. The van der Waals surface area contributed by atoms with Gasteiger partial charge in [-0.15, -0.1) is 0 Å². The van der Waals surface area contributed by atoms with Crippen molar-refractivity contribution in [1.29, 1.82) is 0 Å². The van der Waals surface area contributed by atoms with E-state index in [1.807, 2.05) is 48.5 Å². The molecule has 0 spiro atoms. The summed E-state index contributed by atoms with van der Waals surface area (Å²) in [4.78, 5) is 19.5. The molecule has 0 N–H and O–H groups in total. The first-order valence-electron chi connectivity index (χ1n) is 8.21. The van der Waals surface area contributed by atoms with E-state index in [-0.39, 0.29) is 5.91 Å². The highest BCUT2D eigenvalue weighted by Crippen LogP contribution is 2.36. The number of aromatic nitrogens is 1. The summed E-state index contributed by atoms with van der Waals surface area (Å²) in [6, 6.07) is 15.4. The molecule has 1 amide bonds. The molecule has 0 aliphatic carbocycles. The molecule has 2 heterocycles. The van der Waals surface area contributed by atoms with Crippen molar-refractivity contribution in [2.75, 3.05) is 18.6 Å². The van der Waals surface area contributed by atoms with Gasteiger partial charge in [-0.05, 0) is 37.1 Å². The molecule has 0 unspecified atom stereocenters. The van der Waals surface area contributed by atoms with Crippen LogP contribution >= 0.6 is 11.3 Å². The summed E-state index contributed by atoms with van der Waals surface area (Å²) in [5.41, 5.74) is 1.62. The number of para-hydroxylation sites is 1. The number of hydrogen-bond donors (Lipinski definition) is 0. The Kier molecular flexibility index (Phi) is 4.38. The smallest absolute Gasteiger partial charge is 0.262 e. The minimum atomic E-state index is -0.418. The van der Waals surface area contributed by atoms with Crippen LogP contribution in [0.25, 0.3) is 10.2 Å². The average molecular weight is 354 g/mol. The maximum atomic E-state index is 13.1. The minimum Gasteiger partial charge on any atom is -0.497 e.